The predicted octanol–water partition coefficient (Wildman–Crippen LogP) is 4.18. The molecule has 0 amide bonds. The minimum atomic E-state index is -0.291. The summed E-state index contributed by atoms with van der Waals surface area (Å²) >= 11 is 0. The molecule has 1 unspecified atom stereocenters. The Morgan fingerprint density at radius 1 is 1.29 bits per heavy atom. The number of hydrogen-bond donors (Lipinski definition) is 0. The topological polar surface area (TPSA) is 26.3 Å². The highest BCUT2D eigenvalue weighted by atomic mass is 16.6. The van der Waals surface area contributed by atoms with E-state index in [0.717, 1.165) is 12.3 Å². The van der Waals surface area contributed by atoms with Gasteiger partial charge < -0.3 is 4.74 Å². The minimum absolute atomic E-state index is 0.0248. The summed E-state index contributed by atoms with van der Waals surface area (Å²) in [6.45, 7) is 10.4. The van der Waals surface area contributed by atoms with Gasteiger partial charge in [0.2, 0.25) is 0 Å². The van der Waals surface area contributed by atoms with Crippen molar-refractivity contribution in [3.8, 4) is 0 Å². The molecule has 0 aromatic rings. The number of ether oxygens (including phenoxy) is 1. The maximum absolute atomic E-state index is 11.9. The first-order valence-electron chi connectivity index (χ1n) is 7.09. The number of esters is 1. The first-order chi connectivity index (χ1) is 7.86. The summed E-state index contributed by atoms with van der Waals surface area (Å²) in [6, 6.07) is 0. The normalized spacial score (nSPS) is 27.6. The number of hydrogen-bond acceptors (Lipinski definition) is 2. The molecular weight excluding hydrogens is 212 g/mol. The molecule has 1 aliphatic rings. The molecule has 0 radical (unpaired) electrons. The number of carbonyl (C=O) groups is 1. The van der Waals surface area contributed by atoms with E-state index in [4.69, 9.17) is 4.74 Å². The molecule has 0 bridgehead atoms. The largest absolute Gasteiger partial charge is 0.459 e. The molecule has 0 saturated heterocycles. The Morgan fingerprint density at radius 2 is 1.82 bits per heavy atom. The fourth-order valence-corrected chi connectivity index (χ4v) is 2.57. The van der Waals surface area contributed by atoms with E-state index in [2.05, 4.69) is 20.8 Å². The van der Waals surface area contributed by atoms with Crippen LogP contribution in [-0.4, -0.2) is 11.6 Å². The van der Waals surface area contributed by atoms with Gasteiger partial charge in [-0.25, -0.2) is 0 Å². The van der Waals surface area contributed by atoms with Crippen molar-refractivity contribution in [3.63, 3.8) is 0 Å². The monoisotopic (exact) mass is 240 g/mol. The molecule has 1 rings (SSSR count). The Balaban J connectivity index is 2.52. The highest BCUT2D eigenvalue weighted by molar-refractivity contribution is 5.72. The fraction of sp³-hybridized carbons (Fsp3) is 0.933. The van der Waals surface area contributed by atoms with Crippen molar-refractivity contribution in [1.82, 2.24) is 0 Å². The van der Waals surface area contributed by atoms with Crippen LogP contribution in [0.4, 0.5) is 0 Å². The molecule has 0 spiro atoms. The van der Waals surface area contributed by atoms with Crippen LogP contribution in [0.1, 0.15) is 66.7 Å². The third-order valence-corrected chi connectivity index (χ3v) is 4.38. The molecule has 1 fully saturated rings. The van der Waals surface area contributed by atoms with Crippen molar-refractivity contribution in [2.75, 3.05) is 0 Å². The number of carbonyl (C=O) groups excluding carboxylic acids is 1. The van der Waals surface area contributed by atoms with Crippen LogP contribution in [0, 0.1) is 17.8 Å². The number of rotatable bonds is 4. The zero-order valence-corrected chi connectivity index (χ0v) is 12.1. The second kappa shape index (κ2) is 5.88. The summed E-state index contributed by atoms with van der Waals surface area (Å²) in [5, 5.41) is 0. The lowest BCUT2D eigenvalue weighted by Crippen LogP contribution is -2.39. The van der Waals surface area contributed by atoms with E-state index >= 15 is 0 Å². The maximum atomic E-state index is 11.9. The molecule has 17 heavy (non-hydrogen) atoms. The Bertz CT molecular complexity index is 250. The van der Waals surface area contributed by atoms with Gasteiger partial charge in [0.25, 0.3) is 0 Å². The lowest BCUT2D eigenvalue weighted by atomic mass is 9.75. The van der Waals surface area contributed by atoms with Crippen molar-refractivity contribution in [1.29, 1.82) is 0 Å². The van der Waals surface area contributed by atoms with Gasteiger partial charge in [-0.2, -0.15) is 0 Å². The predicted molar refractivity (Wildman–Crippen MR) is 70.7 cm³/mol. The molecule has 0 heterocycles. The SMILES string of the molecule is CCC(C)C(=O)OC(C)(C)C1CCC(C)CC1. The summed E-state index contributed by atoms with van der Waals surface area (Å²) in [5.41, 5.74) is -0.291. The molecule has 1 atom stereocenters. The highest BCUT2D eigenvalue weighted by Gasteiger charge is 2.36. The molecule has 2 heteroatoms. The van der Waals surface area contributed by atoms with Crippen LogP contribution in [0.15, 0.2) is 0 Å². The van der Waals surface area contributed by atoms with Crippen LogP contribution in [0.5, 0.6) is 0 Å². The smallest absolute Gasteiger partial charge is 0.309 e. The van der Waals surface area contributed by atoms with Gasteiger partial charge in [0.15, 0.2) is 0 Å². The van der Waals surface area contributed by atoms with Crippen molar-refractivity contribution in [2.45, 2.75) is 72.3 Å². The zero-order chi connectivity index (χ0) is 13.1. The Morgan fingerprint density at radius 3 is 2.29 bits per heavy atom. The lowest BCUT2D eigenvalue weighted by Gasteiger charge is -2.38. The standard InChI is InChI=1S/C15H28O2/c1-6-12(3)14(16)17-15(4,5)13-9-7-11(2)8-10-13/h11-13H,6-10H2,1-5H3. The first kappa shape index (κ1) is 14.5. The third kappa shape index (κ3) is 4.01. The van der Waals surface area contributed by atoms with Crippen LogP contribution in [-0.2, 0) is 9.53 Å². The lowest BCUT2D eigenvalue weighted by molar-refractivity contribution is -0.167. The van der Waals surface area contributed by atoms with E-state index in [1.807, 2.05) is 13.8 Å². The quantitative estimate of drug-likeness (QED) is 0.689. The van der Waals surface area contributed by atoms with Crippen LogP contribution in [0.3, 0.4) is 0 Å². The van der Waals surface area contributed by atoms with E-state index in [9.17, 15) is 4.79 Å². The molecular formula is C15H28O2. The van der Waals surface area contributed by atoms with Gasteiger partial charge >= 0.3 is 5.97 Å². The van der Waals surface area contributed by atoms with Crippen LogP contribution in [0.25, 0.3) is 0 Å². The van der Waals surface area contributed by atoms with Gasteiger partial charge in [-0.05, 0) is 44.9 Å². The van der Waals surface area contributed by atoms with Crippen molar-refractivity contribution in [3.05, 3.63) is 0 Å². The molecule has 1 saturated carbocycles. The minimum Gasteiger partial charge on any atom is -0.459 e. The second-order valence-electron chi connectivity index (χ2n) is 6.29. The molecule has 0 aliphatic heterocycles. The molecule has 2 nitrogen and oxygen atoms in total. The maximum Gasteiger partial charge on any atom is 0.309 e. The van der Waals surface area contributed by atoms with Crippen molar-refractivity contribution in [2.24, 2.45) is 17.8 Å². The van der Waals surface area contributed by atoms with Gasteiger partial charge in [0.05, 0.1) is 5.92 Å². The van der Waals surface area contributed by atoms with E-state index in [0.29, 0.717) is 5.92 Å². The fourth-order valence-electron chi connectivity index (χ4n) is 2.57. The molecule has 1 aliphatic carbocycles. The Hall–Kier alpha value is -0.530. The summed E-state index contributed by atoms with van der Waals surface area (Å²) in [4.78, 5) is 11.9. The van der Waals surface area contributed by atoms with Crippen molar-refractivity contribution < 1.29 is 9.53 Å². The van der Waals surface area contributed by atoms with E-state index in [1.54, 1.807) is 0 Å². The van der Waals surface area contributed by atoms with E-state index in [1.165, 1.54) is 25.7 Å². The summed E-state index contributed by atoms with van der Waals surface area (Å²) in [6.07, 6.45) is 5.80. The van der Waals surface area contributed by atoms with Gasteiger partial charge in [-0.15, -0.1) is 0 Å². The van der Waals surface area contributed by atoms with E-state index in [-0.39, 0.29) is 17.5 Å². The average molecular weight is 240 g/mol. The highest BCUT2D eigenvalue weighted by Crippen LogP contribution is 2.37. The van der Waals surface area contributed by atoms with Gasteiger partial charge in [0.1, 0.15) is 5.60 Å². The van der Waals surface area contributed by atoms with E-state index < -0.39 is 0 Å². The van der Waals surface area contributed by atoms with Crippen LogP contribution < -0.4 is 0 Å². The average Bonchev–Trinajstić information content (AvgIpc) is 2.27. The second-order valence-corrected chi connectivity index (χ2v) is 6.29. The molecule has 100 valence electrons. The first-order valence-corrected chi connectivity index (χ1v) is 7.09. The van der Waals surface area contributed by atoms with Gasteiger partial charge in [0, 0.05) is 0 Å². The Kier molecular flexibility index (Phi) is 5.03. The van der Waals surface area contributed by atoms with Crippen molar-refractivity contribution >= 4 is 5.97 Å². The van der Waals surface area contributed by atoms with Gasteiger partial charge in [-0.3, -0.25) is 4.79 Å². The Labute approximate surface area is 106 Å². The zero-order valence-electron chi connectivity index (χ0n) is 12.1. The summed E-state index contributed by atoms with van der Waals surface area (Å²) < 4.78 is 5.73. The molecule has 0 N–H and O–H groups in total. The summed E-state index contributed by atoms with van der Waals surface area (Å²) in [7, 11) is 0. The van der Waals surface area contributed by atoms with Crippen LogP contribution >= 0.6 is 0 Å². The third-order valence-electron chi connectivity index (χ3n) is 4.38. The van der Waals surface area contributed by atoms with Gasteiger partial charge in [-0.1, -0.05) is 33.6 Å². The van der Waals surface area contributed by atoms with Crippen LogP contribution in [0.2, 0.25) is 0 Å². The summed E-state index contributed by atoms with van der Waals surface area (Å²) in [5.74, 6) is 1.37. The molecule has 0 aromatic heterocycles. The molecule has 0 aromatic carbocycles.